The molecule has 0 atom stereocenters. The van der Waals surface area contributed by atoms with Crippen LogP contribution in [0, 0.1) is 0 Å². The number of primary amides is 1. The monoisotopic (exact) mass is 353 g/mol. The Kier molecular flexibility index (Phi) is 4.43. The topological polar surface area (TPSA) is 137 Å². The molecular formula is C18H19N5O3. The van der Waals surface area contributed by atoms with Crippen LogP contribution in [0.15, 0.2) is 36.7 Å². The molecule has 0 radical (unpaired) electrons. The van der Waals surface area contributed by atoms with Crippen LogP contribution in [0.3, 0.4) is 0 Å². The Morgan fingerprint density at radius 2 is 1.88 bits per heavy atom. The van der Waals surface area contributed by atoms with Crippen molar-refractivity contribution in [1.82, 2.24) is 15.0 Å². The number of hydrogen-bond acceptors (Lipinski definition) is 7. The van der Waals surface area contributed by atoms with E-state index in [1.54, 1.807) is 44.2 Å². The number of carbonyl (C=O) groups is 1. The lowest BCUT2D eigenvalue weighted by Gasteiger charge is -2.17. The highest BCUT2D eigenvalue weighted by Crippen LogP contribution is 2.27. The number of ether oxygens (including phenoxy) is 1. The van der Waals surface area contributed by atoms with Gasteiger partial charge in [-0.2, -0.15) is 0 Å². The van der Waals surface area contributed by atoms with Gasteiger partial charge in [0.05, 0.1) is 16.9 Å². The summed E-state index contributed by atoms with van der Waals surface area (Å²) in [5, 5.41) is 9.72. The van der Waals surface area contributed by atoms with Gasteiger partial charge in [-0.25, -0.2) is 15.0 Å². The van der Waals surface area contributed by atoms with Crippen LogP contribution in [-0.4, -0.2) is 38.2 Å². The summed E-state index contributed by atoms with van der Waals surface area (Å²) in [7, 11) is 0. The van der Waals surface area contributed by atoms with E-state index in [0.29, 0.717) is 22.5 Å². The molecule has 26 heavy (non-hydrogen) atoms. The summed E-state index contributed by atoms with van der Waals surface area (Å²) in [6, 6.07) is 8.66. The summed E-state index contributed by atoms with van der Waals surface area (Å²) < 4.78 is 5.53. The third-order valence-electron chi connectivity index (χ3n) is 3.63. The number of amides is 1. The van der Waals surface area contributed by atoms with Crippen molar-refractivity contribution in [2.45, 2.75) is 19.4 Å². The van der Waals surface area contributed by atoms with E-state index in [9.17, 15) is 9.90 Å². The van der Waals surface area contributed by atoms with Crippen molar-refractivity contribution in [3.63, 3.8) is 0 Å². The number of anilines is 1. The maximum absolute atomic E-state index is 11.8. The first kappa shape index (κ1) is 17.6. The van der Waals surface area contributed by atoms with E-state index in [-0.39, 0.29) is 18.0 Å². The fourth-order valence-corrected chi connectivity index (χ4v) is 2.38. The van der Waals surface area contributed by atoms with Crippen molar-refractivity contribution in [1.29, 1.82) is 0 Å². The molecule has 8 nitrogen and oxygen atoms in total. The van der Waals surface area contributed by atoms with Crippen LogP contribution >= 0.6 is 0 Å². The number of benzene rings is 1. The van der Waals surface area contributed by atoms with Crippen molar-refractivity contribution >= 4 is 22.8 Å². The van der Waals surface area contributed by atoms with Crippen molar-refractivity contribution in [3.8, 4) is 17.0 Å². The number of hydrogen-bond donors (Lipinski definition) is 3. The Bertz CT molecular complexity index is 965. The third kappa shape index (κ3) is 3.70. The highest BCUT2D eigenvalue weighted by molar-refractivity contribution is 6.06. The summed E-state index contributed by atoms with van der Waals surface area (Å²) in [5.74, 6) is 0.154. The molecule has 1 amide bonds. The van der Waals surface area contributed by atoms with Gasteiger partial charge in [-0.3, -0.25) is 4.79 Å². The molecule has 2 aromatic heterocycles. The Balaban J connectivity index is 2.00. The van der Waals surface area contributed by atoms with Crippen LogP contribution in [0.25, 0.3) is 22.3 Å². The minimum Gasteiger partial charge on any atom is -0.491 e. The first-order valence-corrected chi connectivity index (χ1v) is 7.91. The molecule has 0 aliphatic carbocycles. The van der Waals surface area contributed by atoms with E-state index in [1.807, 2.05) is 0 Å². The summed E-state index contributed by atoms with van der Waals surface area (Å²) >= 11 is 0. The Morgan fingerprint density at radius 3 is 2.50 bits per heavy atom. The molecule has 0 spiro atoms. The smallest absolute Gasteiger partial charge is 0.251 e. The highest BCUT2D eigenvalue weighted by atomic mass is 16.5. The van der Waals surface area contributed by atoms with Gasteiger partial charge < -0.3 is 21.3 Å². The van der Waals surface area contributed by atoms with Crippen LogP contribution < -0.4 is 16.2 Å². The van der Waals surface area contributed by atoms with Crippen LogP contribution in [0.4, 0.5) is 5.82 Å². The molecule has 0 aliphatic heterocycles. The Hall–Kier alpha value is -3.26. The zero-order valence-electron chi connectivity index (χ0n) is 14.4. The molecule has 0 unspecified atom stereocenters. The van der Waals surface area contributed by atoms with Gasteiger partial charge in [0.25, 0.3) is 5.91 Å². The molecule has 2 heterocycles. The van der Waals surface area contributed by atoms with Crippen LogP contribution in [0.2, 0.25) is 0 Å². The van der Waals surface area contributed by atoms with Gasteiger partial charge in [-0.1, -0.05) is 0 Å². The second-order valence-electron chi connectivity index (χ2n) is 6.50. The summed E-state index contributed by atoms with van der Waals surface area (Å²) in [6.07, 6.45) is 1.26. The predicted molar refractivity (Wildman–Crippen MR) is 97.5 cm³/mol. The van der Waals surface area contributed by atoms with Gasteiger partial charge in [0.1, 0.15) is 29.7 Å². The normalized spacial score (nSPS) is 11.5. The molecule has 0 saturated carbocycles. The lowest BCUT2D eigenvalue weighted by Crippen LogP contribution is -2.27. The molecule has 3 rings (SSSR count). The van der Waals surface area contributed by atoms with Gasteiger partial charge >= 0.3 is 0 Å². The molecule has 5 N–H and O–H groups in total. The van der Waals surface area contributed by atoms with Crippen molar-refractivity contribution < 1.29 is 14.6 Å². The van der Waals surface area contributed by atoms with Gasteiger partial charge in [-0.05, 0) is 44.2 Å². The van der Waals surface area contributed by atoms with Crippen LogP contribution in [-0.2, 0) is 0 Å². The number of nitrogens with zero attached hydrogens (tertiary/aromatic N) is 3. The first-order valence-electron chi connectivity index (χ1n) is 7.91. The SMILES string of the molecule is CC(C)(O)COc1ccc(-c2cc(C(N)=O)c3ncnc(N)c3n2)cc1. The molecule has 134 valence electrons. The molecule has 0 saturated heterocycles. The predicted octanol–water partition coefficient (Wildman–Crippen LogP) is 1.52. The summed E-state index contributed by atoms with van der Waals surface area (Å²) in [6.45, 7) is 3.50. The number of nitrogens with two attached hydrogens (primary N) is 2. The van der Waals surface area contributed by atoms with Gasteiger partial charge in [0.2, 0.25) is 0 Å². The first-order chi connectivity index (χ1) is 12.2. The fraction of sp³-hybridized carbons (Fsp3) is 0.222. The van der Waals surface area contributed by atoms with Crippen LogP contribution in [0.1, 0.15) is 24.2 Å². The zero-order valence-corrected chi connectivity index (χ0v) is 14.4. The number of aliphatic hydroxyl groups is 1. The average Bonchev–Trinajstić information content (AvgIpc) is 2.59. The minimum atomic E-state index is -0.924. The number of carbonyl (C=O) groups excluding carboxylic acids is 1. The van der Waals surface area contributed by atoms with E-state index >= 15 is 0 Å². The van der Waals surface area contributed by atoms with E-state index in [1.165, 1.54) is 6.33 Å². The Morgan fingerprint density at radius 1 is 1.19 bits per heavy atom. The maximum Gasteiger partial charge on any atom is 0.251 e. The van der Waals surface area contributed by atoms with Gasteiger partial charge in [0, 0.05) is 5.56 Å². The summed E-state index contributed by atoms with van der Waals surface area (Å²) in [4.78, 5) is 24.2. The zero-order chi connectivity index (χ0) is 18.9. The van der Waals surface area contributed by atoms with Crippen molar-refractivity contribution in [3.05, 3.63) is 42.2 Å². The van der Waals surface area contributed by atoms with Crippen molar-refractivity contribution in [2.24, 2.45) is 5.73 Å². The Labute approximate surface area is 149 Å². The lowest BCUT2D eigenvalue weighted by atomic mass is 10.1. The molecule has 0 bridgehead atoms. The number of nitrogen functional groups attached to an aromatic ring is 1. The van der Waals surface area contributed by atoms with Gasteiger partial charge in [-0.15, -0.1) is 0 Å². The standard InChI is InChI=1S/C18H19N5O3/c1-18(2,25)8-26-11-5-3-10(4-6-11)13-7-12(17(20)24)14-15(23-13)16(19)22-9-21-14/h3-7,9,25H,8H2,1-2H3,(H2,20,24)(H2,19,21,22). The second kappa shape index (κ2) is 6.57. The molecule has 0 aliphatic rings. The summed E-state index contributed by atoms with van der Waals surface area (Å²) in [5.41, 5.74) is 12.5. The van der Waals surface area contributed by atoms with Crippen molar-refractivity contribution in [2.75, 3.05) is 12.3 Å². The van der Waals surface area contributed by atoms with Gasteiger partial charge in [0.15, 0.2) is 5.82 Å². The molecule has 1 aromatic carbocycles. The molecule has 0 fully saturated rings. The minimum absolute atomic E-state index is 0.167. The largest absolute Gasteiger partial charge is 0.491 e. The maximum atomic E-state index is 11.8. The fourth-order valence-electron chi connectivity index (χ4n) is 2.38. The molecule has 3 aromatic rings. The second-order valence-corrected chi connectivity index (χ2v) is 6.50. The molecule has 8 heteroatoms. The number of fused-ring (bicyclic) bond motifs is 1. The number of rotatable bonds is 5. The number of aromatic nitrogens is 3. The van der Waals surface area contributed by atoms with E-state index in [2.05, 4.69) is 15.0 Å². The van der Waals surface area contributed by atoms with E-state index in [0.717, 1.165) is 5.56 Å². The van der Waals surface area contributed by atoms with E-state index in [4.69, 9.17) is 16.2 Å². The highest BCUT2D eigenvalue weighted by Gasteiger charge is 2.16. The quantitative estimate of drug-likeness (QED) is 0.632. The number of pyridine rings is 1. The van der Waals surface area contributed by atoms with Crippen LogP contribution in [0.5, 0.6) is 5.75 Å². The third-order valence-corrected chi connectivity index (χ3v) is 3.63. The lowest BCUT2D eigenvalue weighted by molar-refractivity contribution is 0.0285. The average molecular weight is 353 g/mol. The van der Waals surface area contributed by atoms with E-state index < -0.39 is 11.5 Å². The molecular weight excluding hydrogens is 334 g/mol.